The van der Waals surface area contributed by atoms with E-state index in [4.69, 9.17) is 23.2 Å². The highest BCUT2D eigenvalue weighted by molar-refractivity contribution is 6.42. The molecule has 0 aliphatic carbocycles. The summed E-state index contributed by atoms with van der Waals surface area (Å²) in [5.41, 5.74) is 1.79. The van der Waals surface area contributed by atoms with Gasteiger partial charge in [0, 0.05) is 23.1 Å². The van der Waals surface area contributed by atoms with E-state index in [9.17, 15) is 9.59 Å². The molecule has 3 nitrogen and oxygen atoms in total. The van der Waals surface area contributed by atoms with Crippen LogP contribution < -0.4 is 5.32 Å². The minimum absolute atomic E-state index is 0.0253. The van der Waals surface area contributed by atoms with Gasteiger partial charge in [-0.1, -0.05) is 55.2 Å². The molecule has 0 unspecified atom stereocenters. The molecule has 0 atom stereocenters. The molecule has 2 rings (SSSR count). The number of hydrogen-bond donors (Lipinski definition) is 1. The number of carbonyl (C=O) groups excluding carboxylic acids is 2. The van der Waals surface area contributed by atoms with Crippen molar-refractivity contribution in [2.24, 2.45) is 0 Å². The Kier molecular flexibility index (Phi) is 5.68. The Morgan fingerprint density at radius 3 is 2.08 bits per heavy atom. The summed E-state index contributed by atoms with van der Waals surface area (Å²) in [6.07, 6.45) is 0. The molecule has 0 aliphatic heterocycles. The SMILES string of the molecule is CC(=O)c1ccc(C(=O)NCC(C)(C)c2ccc(Cl)c(Cl)c2)cc1. The van der Waals surface area contributed by atoms with Crippen LogP contribution in [0.2, 0.25) is 10.0 Å². The van der Waals surface area contributed by atoms with Crippen molar-refractivity contribution in [1.82, 2.24) is 5.32 Å². The van der Waals surface area contributed by atoms with Gasteiger partial charge in [0.25, 0.3) is 5.91 Å². The van der Waals surface area contributed by atoms with E-state index >= 15 is 0 Å². The monoisotopic (exact) mass is 363 g/mol. The van der Waals surface area contributed by atoms with Crippen molar-refractivity contribution in [1.29, 1.82) is 0 Å². The number of amides is 1. The molecule has 1 amide bonds. The summed E-state index contributed by atoms with van der Waals surface area (Å²) < 4.78 is 0. The van der Waals surface area contributed by atoms with Crippen molar-refractivity contribution >= 4 is 34.9 Å². The third-order valence-corrected chi connectivity index (χ3v) is 4.68. The number of Topliss-reactive ketones (excluding diaryl/α,β-unsaturated/α-hetero) is 1. The van der Waals surface area contributed by atoms with Gasteiger partial charge in [-0.3, -0.25) is 9.59 Å². The van der Waals surface area contributed by atoms with E-state index in [1.165, 1.54) is 6.92 Å². The smallest absolute Gasteiger partial charge is 0.251 e. The number of nitrogens with one attached hydrogen (secondary N) is 1. The van der Waals surface area contributed by atoms with Crippen molar-refractivity contribution in [3.8, 4) is 0 Å². The van der Waals surface area contributed by atoms with Gasteiger partial charge >= 0.3 is 0 Å². The van der Waals surface area contributed by atoms with Gasteiger partial charge in [-0.25, -0.2) is 0 Å². The average molecular weight is 364 g/mol. The molecule has 2 aromatic carbocycles. The topological polar surface area (TPSA) is 46.2 Å². The highest BCUT2D eigenvalue weighted by atomic mass is 35.5. The lowest BCUT2D eigenvalue weighted by atomic mass is 9.84. The second-order valence-corrected chi connectivity index (χ2v) is 7.14. The van der Waals surface area contributed by atoms with Crippen LogP contribution in [0.15, 0.2) is 42.5 Å². The minimum Gasteiger partial charge on any atom is -0.351 e. The Labute approximate surface area is 152 Å². The maximum atomic E-state index is 12.3. The number of rotatable bonds is 5. The highest BCUT2D eigenvalue weighted by Gasteiger charge is 2.22. The van der Waals surface area contributed by atoms with E-state index in [2.05, 4.69) is 5.32 Å². The first kappa shape index (κ1) is 18.5. The van der Waals surface area contributed by atoms with Gasteiger partial charge in [0.1, 0.15) is 0 Å². The van der Waals surface area contributed by atoms with Crippen molar-refractivity contribution in [2.75, 3.05) is 6.54 Å². The first-order valence-electron chi connectivity index (χ1n) is 7.55. The molecule has 0 heterocycles. The van der Waals surface area contributed by atoms with Crippen molar-refractivity contribution in [3.05, 3.63) is 69.2 Å². The Bertz CT molecular complexity index is 767. The highest BCUT2D eigenvalue weighted by Crippen LogP contribution is 2.29. The predicted octanol–water partition coefficient (Wildman–Crippen LogP) is 4.90. The normalized spacial score (nSPS) is 11.2. The number of hydrogen-bond acceptors (Lipinski definition) is 2. The fraction of sp³-hybridized carbons (Fsp3) is 0.263. The zero-order chi connectivity index (χ0) is 17.9. The second-order valence-electron chi connectivity index (χ2n) is 6.33. The summed E-state index contributed by atoms with van der Waals surface area (Å²) in [6.45, 7) is 5.98. The average Bonchev–Trinajstić information content (AvgIpc) is 2.55. The van der Waals surface area contributed by atoms with Crippen LogP contribution in [0.25, 0.3) is 0 Å². The standard InChI is InChI=1S/C19H19Cl2NO2/c1-12(23)13-4-6-14(7-5-13)18(24)22-11-19(2,3)15-8-9-16(20)17(21)10-15/h4-10H,11H2,1-3H3,(H,22,24). The van der Waals surface area contributed by atoms with Crippen LogP contribution >= 0.6 is 23.2 Å². The molecule has 2 aromatic rings. The summed E-state index contributed by atoms with van der Waals surface area (Å²) in [5.74, 6) is -0.207. The van der Waals surface area contributed by atoms with Crippen molar-refractivity contribution < 1.29 is 9.59 Å². The van der Waals surface area contributed by atoms with Gasteiger partial charge in [0.2, 0.25) is 0 Å². The minimum atomic E-state index is -0.302. The van der Waals surface area contributed by atoms with E-state index in [0.29, 0.717) is 27.7 Å². The van der Waals surface area contributed by atoms with Crippen molar-refractivity contribution in [3.63, 3.8) is 0 Å². The number of carbonyl (C=O) groups is 2. The molecule has 126 valence electrons. The Morgan fingerprint density at radius 1 is 0.958 bits per heavy atom. The van der Waals surface area contributed by atoms with Gasteiger partial charge in [-0.05, 0) is 36.8 Å². The molecule has 0 bridgehead atoms. The molecule has 5 heteroatoms. The van der Waals surface area contributed by atoms with E-state index in [1.807, 2.05) is 26.0 Å². The van der Waals surface area contributed by atoms with Crippen LogP contribution in [0.3, 0.4) is 0 Å². The first-order valence-corrected chi connectivity index (χ1v) is 8.31. The fourth-order valence-corrected chi connectivity index (χ4v) is 2.58. The number of benzene rings is 2. The molecule has 0 aliphatic rings. The third kappa shape index (κ3) is 4.37. The largest absolute Gasteiger partial charge is 0.351 e. The lowest BCUT2D eigenvalue weighted by Crippen LogP contribution is -2.36. The Morgan fingerprint density at radius 2 is 1.54 bits per heavy atom. The van der Waals surface area contributed by atoms with Crippen LogP contribution in [0.1, 0.15) is 47.1 Å². The summed E-state index contributed by atoms with van der Waals surface area (Å²) in [6, 6.07) is 12.1. The van der Waals surface area contributed by atoms with Gasteiger partial charge in [-0.2, -0.15) is 0 Å². The van der Waals surface area contributed by atoms with Crippen LogP contribution in [0.4, 0.5) is 0 Å². The van der Waals surface area contributed by atoms with Gasteiger partial charge in [0.15, 0.2) is 5.78 Å². The van der Waals surface area contributed by atoms with E-state index in [1.54, 1.807) is 30.3 Å². The van der Waals surface area contributed by atoms with E-state index < -0.39 is 0 Å². The van der Waals surface area contributed by atoms with Crippen LogP contribution in [0, 0.1) is 0 Å². The van der Waals surface area contributed by atoms with E-state index in [-0.39, 0.29) is 17.1 Å². The maximum absolute atomic E-state index is 12.3. The molecule has 24 heavy (non-hydrogen) atoms. The van der Waals surface area contributed by atoms with Crippen LogP contribution in [0.5, 0.6) is 0 Å². The van der Waals surface area contributed by atoms with Gasteiger partial charge < -0.3 is 5.32 Å². The molecule has 0 saturated heterocycles. The van der Waals surface area contributed by atoms with Gasteiger partial charge in [-0.15, -0.1) is 0 Å². The molecule has 0 aromatic heterocycles. The summed E-state index contributed by atoms with van der Waals surface area (Å²) in [5, 5.41) is 3.92. The van der Waals surface area contributed by atoms with E-state index in [0.717, 1.165) is 5.56 Å². The predicted molar refractivity (Wildman–Crippen MR) is 98.3 cm³/mol. The molecular weight excluding hydrogens is 345 g/mol. The molecule has 1 N–H and O–H groups in total. The Balaban J connectivity index is 2.06. The molecule has 0 radical (unpaired) electrons. The number of ketones is 1. The van der Waals surface area contributed by atoms with Gasteiger partial charge in [0.05, 0.1) is 10.0 Å². The summed E-state index contributed by atoms with van der Waals surface area (Å²) in [4.78, 5) is 23.6. The zero-order valence-electron chi connectivity index (χ0n) is 13.8. The molecular formula is C19H19Cl2NO2. The quantitative estimate of drug-likeness (QED) is 0.767. The van der Waals surface area contributed by atoms with Crippen LogP contribution in [-0.2, 0) is 5.41 Å². The summed E-state index contributed by atoms with van der Waals surface area (Å²) >= 11 is 12.0. The Hall–Kier alpha value is -1.84. The summed E-state index contributed by atoms with van der Waals surface area (Å²) in [7, 11) is 0. The zero-order valence-corrected chi connectivity index (χ0v) is 15.3. The maximum Gasteiger partial charge on any atom is 0.251 e. The molecule has 0 spiro atoms. The lowest BCUT2D eigenvalue weighted by Gasteiger charge is -2.26. The molecule has 0 fully saturated rings. The van der Waals surface area contributed by atoms with Crippen LogP contribution in [-0.4, -0.2) is 18.2 Å². The fourth-order valence-electron chi connectivity index (χ4n) is 2.28. The number of halogens is 2. The lowest BCUT2D eigenvalue weighted by molar-refractivity contribution is 0.0943. The second kappa shape index (κ2) is 7.37. The third-order valence-electron chi connectivity index (χ3n) is 3.95. The van der Waals surface area contributed by atoms with Crippen molar-refractivity contribution in [2.45, 2.75) is 26.2 Å². The first-order chi connectivity index (χ1) is 11.2. The molecule has 0 saturated carbocycles.